The van der Waals surface area contributed by atoms with Crippen LogP contribution in [0.5, 0.6) is 5.75 Å². The number of hydrogen-bond donors (Lipinski definition) is 1. The largest absolute Gasteiger partial charge is 0.492 e. The smallest absolute Gasteiger partial charge is 0.173 e. The number of nitrogens with zero attached hydrogens (tertiary/aromatic N) is 2. The molecule has 0 aliphatic carbocycles. The summed E-state index contributed by atoms with van der Waals surface area (Å²) in [6, 6.07) is 14.4. The molecule has 2 aromatic rings. The van der Waals surface area contributed by atoms with E-state index in [9.17, 15) is 4.39 Å². The third-order valence-corrected chi connectivity index (χ3v) is 4.53. The Hall–Kier alpha value is -2.34. The van der Waals surface area contributed by atoms with Crippen LogP contribution in [0, 0.1) is 5.82 Å². The summed E-state index contributed by atoms with van der Waals surface area (Å²) in [5, 5.41) is 3.84. The lowest BCUT2D eigenvalue weighted by Gasteiger charge is -2.38. The first-order valence-corrected chi connectivity index (χ1v) is 8.86. The predicted molar refractivity (Wildman–Crippen MR) is 104 cm³/mol. The highest BCUT2D eigenvalue weighted by Gasteiger charge is 2.21. The van der Waals surface area contributed by atoms with E-state index in [-0.39, 0.29) is 5.82 Å². The van der Waals surface area contributed by atoms with Gasteiger partial charge in [-0.25, -0.2) is 4.39 Å². The number of benzene rings is 2. The van der Waals surface area contributed by atoms with Crippen molar-refractivity contribution in [3.63, 3.8) is 0 Å². The fourth-order valence-electron chi connectivity index (χ4n) is 2.88. The van der Waals surface area contributed by atoms with Crippen LogP contribution >= 0.6 is 12.2 Å². The van der Waals surface area contributed by atoms with Crippen molar-refractivity contribution < 1.29 is 9.13 Å². The van der Waals surface area contributed by atoms with E-state index in [2.05, 4.69) is 21.2 Å². The van der Waals surface area contributed by atoms with Crippen LogP contribution in [0.15, 0.2) is 48.5 Å². The number of halogens is 1. The van der Waals surface area contributed by atoms with Crippen LogP contribution < -0.4 is 15.0 Å². The fraction of sp³-hybridized carbons (Fsp3) is 0.316. The zero-order valence-electron chi connectivity index (χ0n) is 14.2. The highest BCUT2D eigenvalue weighted by atomic mass is 32.1. The molecule has 0 spiro atoms. The molecule has 0 atom stereocenters. The van der Waals surface area contributed by atoms with E-state index in [1.165, 1.54) is 12.1 Å². The van der Waals surface area contributed by atoms with Crippen molar-refractivity contribution in [1.29, 1.82) is 0 Å². The summed E-state index contributed by atoms with van der Waals surface area (Å²) in [5.41, 5.74) is 1.93. The van der Waals surface area contributed by atoms with Crippen molar-refractivity contribution in [2.75, 3.05) is 43.0 Å². The molecule has 3 rings (SSSR count). The first-order valence-electron chi connectivity index (χ1n) is 8.45. The predicted octanol–water partition coefficient (Wildman–Crippen LogP) is 3.74. The monoisotopic (exact) mass is 359 g/mol. The highest BCUT2D eigenvalue weighted by Crippen LogP contribution is 2.28. The van der Waals surface area contributed by atoms with Gasteiger partial charge in [-0.15, -0.1) is 0 Å². The van der Waals surface area contributed by atoms with Crippen molar-refractivity contribution >= 4 is 28.7 Å². The van der Waals surface area contributed by atoms with Crippen molar-refractivity contribution in [3.8, 4) is 5.75 Å². The molecule has 4 nitrogen and oxygen atoms in total. The lowest BCUT2D eigenvalue weighted by atomic mass is 10.2. The molecule has 1 saturated heterocycles. The average Bonchev–Trinajstić information content (AvgIpc) is 2.64. The molecule has 0 radical (unpaired) electrons. The summed E-state index contributed by atoms with van der Waals surface area (Å²) in [6.45, 7) is 6.04. The highest BCUT2D eigenvalue weighted by molar-refractivity contribution is 7.80. The van der Waals surface area contributed by atoms with E-state index < -0.39 is 0 Å². The van der Waals surface area contributed by atoms with E-state index in [4.69, 9.17) is 17.0 Å². The molecule has 0 unspecified atom stereocenters. The minimum absolute atomic E-state index is 0.252. The van der Waals surface area contributed by atoms with Crippen LogP contribution in [-0.2, 0) is 0 Å². The summed E-state index contributed by atoms with van der Waals surface area (Å²) in [6.07, 6.45) is 0. The maximum atomic E-state index is 13.0. The van der Waals surface area contributed by atoms with Crippen molar-refractivity contribution in [3.05, 3.63) is 54.3 Å². The second-order valence-corrected chi connectivity index (χ2v) is 6.20. The summed E-state index contributed by atoms with van der Waals surface area (Å²) in [4.78, 5) is 4.46. The molecule has 1 heterocycles. The van der Waals surface area contributed by atoms with Crippen LogP contribution in [0.4, 0.5) is 15.8 Å². The molecule has 0 saturated carbocycles. The molecule has 2 aromatic carbocycles. The van der Waals surface area contributed by atoms with Gasteiger partial charge in [0, 0.05) is 31.9 Å². The number of ether oxygens (including phenoxy) is 1. The van der Waals surface area contributed by atoms with Crippen LogP contribution in [0.3, 0.4) is 0 Å². The molecule has 1 N–H and O–H groups in total. The van der Waals surface area contributed by atoms with Gasteiger partial charge in [-0.1, -0.05) is 12.1 Å². The van der Waals surface area contributed by atoms with Gasteiger partial charge >= 0.3 is 0 Å². The molecule has 1 aliphatic rings. The summed E-state index contributed by atoms with van der Waals surface area (Å²) in [7, 11) is 0. The number of hydrogen-bond acceptors (Lipinski definition) is 3. The van der Waals surface area contributed by atoms with Gasteiger partial charge in [0.2, 0.25) is 0 Å². The third-order valence-electron chi connectivity index (χ3n) is 4.17. The Morgan fingerprint density at radius 1 is 1.08 bits per heavy atom. The van der Waals surface area contributed by atoms with E-state index in [0.29, 0.717) is 11.7 Å². The Balaban J connectivity index is 1.58. The zero-order chi connectivity index (χ0) is 17.6. The lowest BCUT2D eigenvalue weighted by Crippen LogP contribution is -2.50. The number of rotatable bonds is 4. The number of para-hydroxylation sites is 2. The number of piperazine rings is 1. The van der Waals surface area contributed by atoms with Crippen molar-refractivity contribution in [2.45, 2.75) is 6.92 Å². The molecule has 0 amide bonds. The van der Waals surface area contributed by atoms with Gasteiger partial charge in [0.05, 0.1) is 12.3 Å². The topological polar surface area (TPSA) is 27.7 Å². The summed E-state index contributed by atoms with van der Waals surface area (Å²) >= 11 is 5.49. The molecule has 6 heteroatoms. The van der Waals surface area contributed by atoms with Gasteiger partial charge < -0.3 is 19.9 Å². The van der Waals surface area contributed by atoms with Gasteiger partial charge in [0.1, 0.15) is 11.6 Å². The molecule has 1 fully saturated rings. The molecule has 1 aliphatic heterocycles. The Morgan fingerprint density at radius 3 is 2.44 bits per heavy atom. The number of thiocarbonyl (C=S) groups is 1. The third kappa shape index (κ3) is 4.39. The fourth-order valence-corrected chi connectivity index (χ4v) is 3.18. The molecular formula is C19H22FN3OS. The van der Waals surface area contributed by atoms with E-state index in [1.807, 2.05) is 25.1 Å². The zero-order valence-corrected chi connectivity index (χ0v) is 15.1. The van der Waals surface area contributed by atoms with Crippen molar-refractivity contribution in [2.24, 2.45) is 0 Å². The van der Waals surface area contributed by atoms with Crippen LogP contribution in [0.25, 0.3) is 0 Å². The molecule has 132 valence electrons. The van der Waals surface area contributed by atoms with Crippen LogP contribution in [0.1, 0.15) is 6.92 Å². The lowest BCUT2D eigenvalue weighted by molar-refractivity contribution is 0.336. The van der Waals surface area contributed by atoms with Crippen LogP contribution in [0.2, 0.25) is 0 Å². The van der Waals surface area contributed by atoms with Gasteiger partial charge in [-0.05, 0) is 55.5 Å². The van der Waals surface area contributed by atoms with Crippen molar-refractivity contribution in [1.82, 2.24) is 4.90 Å². The quantitative estimate of drug-likeness (QED) is 0.840. The normalized spacial score (nSPS) is 14.3. The molecular weight excluding hydrogens is 337 g/mol. The Bertz CT molecular complexity index is 715. The Morgan fingerprint density at radius 2 is 1.76 bits per heavy atom. The number of anilines is 2. The Kier molecular flexibility index (Phi) is 5.71. The minimum atomic E-state index is -0.252. The standard InChI is InChI=1S/C19H22FN3OS/c1-2-24-18-6-4-3-5-17(18)22-11-13-23(14-12-22)19(25)21-16-9-7-15(20)8-10-16/h3-10H,2,11-14H2,1H3,(H,21,25). The van der Waals surface area contributed by atoms with E-state index >= 15 is 0 Å². The minimum Gasteiger partial charge on any atom is -0.492 e. The van der Waals surface area contributed by atoms with E-state index in [0.717, 1.165) is 43.3 Å². The number of nitrogens with one attached hydrogen (secondary N) is 1. The SMILES string of the molecule is CCOc1ccccc1N1CCN(C(=S)Nc2ccc(F)cc2)CC1. The maximum Gasteiger partial charge on any atom is 0.173 e. The second-order valence-electron chi connectivity index (χ2n) is 5.81. The first kappa shape index (κ1) is 17.5. The van der Waals surface area contributed by atoms with Gasteiger partial charge in [-0.3, -0.25) is 0 Å². The molecule has 25 heavy (non-hydrogen) atoms. The summed E-state index contributed by atoms with van der Waals surface area (Å²) < 4.78 is 18.7. The summed E-state index contributed by atoms with van der Waals surface area (Å²) in [5.74, 6) is 0.670. The van der Waals surface area contributed by atoms with Crippen LogP contribution in [-0.4, -0.2) is 42.8 Å². The Labute approximate surface area is 153 Å². The van der Waals surface area contributed by atoms with Gasteiger partial charge in [0.25, 0.3) is 0 Å². The van der Waals surface area contributed by atoms with Gasteiger partial charge in [0.15, 0.2) is 5.11 Å². The van der Waals surface area contributed by atoms with E-state index in [1.54, 1.807) is 12.1 Å². The molecule has 0 aromatic heterocycles. The second kappa shape index (κ2) is 8.16. The first-order chi connectivity index (χ1) is 12.2. The average molecular weight is 359 g/mol. The molecule has 0 bridgehead atoms. The van der Waals surface area contributed by atoms with Gasteiger partial charge in [-0.2, -0.15) is 0 Å². The maximum absolute atomic E-state index is 13.0.